The van der Waals surface area contributed by atoms with Crippen molar-refractivity contribution in [3.8, 4) is 5.75 Å². The summed E-state index contributed by atoms with van der Waals surface area (Å²) in [5.74, 6) is 0.201. The summed E-state index contributed by atoms with van der Waals surface area (Å²) in [6, 6.07) is 4.32. The van der Waals surface area contributed by atoms with Crippen molar-refractivity contribution in [2.24, 2.45) is 5.73 Å². The fraction of sp³-hybridized carbons (Fsp3) is 0.500. The van der Waals surface area contributed by atoms with E-state index in [0.717, 1.165) is 18.5 Å². The Hall–Kier alpha value is -1.98. The van der Waals surface area contributed by atoms with E-state index < -0.39 is 0 Å². The van der Waals surface area contributed by atoms with Crippen molar-refractivity contribution in [1.82, 2.24) is 4.90 Å². The summed E-state index contributed by atoms with van der Waals surface area (Å²) in [5.41, 5.74) is 6.03. The van der Waals surface area contributed by atoms with E-state index in [1.54, 1.807) is 11.0 Å². The molecule has 0 aromatic heterocycles. The molecule has 1 aliphatic rings. The zero-order valence-electron chi connectivity index (χ0n) is 11.6. The average molecular weight is 281 g/mol. The van der Waals surface area contributed by atoms with E-state index in [1.807, 2.05) is 6.92 Å². The first kappa shape index (κ1) is 14.4. The summed E-state index contributed by atoms with van der Waals surface area (Å²) in [6.45, 7) is 3.62. The van der Waals surface area contributed by atoms with Crippen molar-refractivity contribution < 1.29 is 13.9 Å². The summed E-state index contributed by atoms with van der Waals surface area (Å²) in [7, 11) is 0. The number of nitrogens with zero attached hydrogens (tertiary/aromatic N) is 1. The molecule has 1 heterocycles. The van der Waals surface area contributed by atoms with Crippen molar-refractivity contribution in [3.63, 3.8) is 0 Å². The summed E-state index contributed by atoms with van der Waals surface area (Å²) in [5, 5.41) is 3.35. The highest BCUT2D eigenvalue weighted by molar-refractivity contribution is 5.72. The SMILES string of the molecule is CCOc1cc(F)ccc1NC1CCN(C(N)=O)CC1. The van der Waals surface area contributed by atoms with E-state index >= 15 is 0 Å². The number of hydrogen-bond acceptors (Lipinski definition) is 3. The van der Waals surface area contributed by atoms with E-state index in [2.05, 4.69) is 5.32 Å². The van der Waals surface area contributed by atoms with Crippen LogP contribution >= 0.6 is 0 Å². The first-order valence-electron chi connectivity index (χ1n) is 6.83. The van der Waals surface area contributed by atoms with Crippen LogP contribution in [0.1, 0.15) is 19.8 Å². The van der Waals surface area contributed by atoms with E-state index in [9.17, 15) is 9.18 Å². The van der Waals surface area contributed by atoms with Crippen LogP contribution in [-0.4, -0.2) is 36.7 Å². The summed E-state index contributed by atoms with van der Waals surface area (Å²) in [4.78, 5) is 12.7. The molecule has 6 heteroatoms. The molecule has 0 aliphatic carbocycles. The number of halogens is 1. The number of ether oxygens (including phenoxy) is 1. The molecule has 1 saturated heterocycles. The van der Waals surface area contributed by atoms with E-state index in [0.29, 0.717) is 25.4 Å². The maximum atomic E-state index is 13.2. The molecule has 1 aliphatic heterocycles. The smallest absolute Gasteiger partial charge is 0.314 e. The quantitative estimate of drug-likeness (QED) is 0.889. The third-order valence-electron chi connectivity index (χ3n) is 3.41. The monoisotopic (exact) mass is 281 g/mol. The number of primary amides is 1. The first-order valence-corrected chi connectivity index (χ1v) is 6.83. The van der Waals surface area contributed by atoms with Gasteiger partial charge in [0.1, 0.15) is 11.6 Å². The van der Waals surface area contributed by atoms with Gasteiger partial charge in [0.15, 0.2) is 0 Å². The molecule has 20 heavy (non-hydrogen) atoms. The Balaban J connectivity index is 1.99. The van der Waals surface area contributed by atoms with Gasteiger partial charge in [-0.1, -0.05) is 0 Å². The number of piperidine rings is 1. The number of nitrogens with two attached hydrogens (primary N) is 1. The van der Waals surface area contributed by atoms with Gasteiger partial charge in [-0.05, 0) is 31.9 Å². The molecule has 1 aromatic carbocycles. The number of amides is 2. The van der Waals surface area contributed by atoms with Gasteiger partial charge in [0, 0.05) is 25.2 Å². The van der Waals surface area contributed by atoms with Crippen LogP contribution in [0.5, 0.6) is 5.75 Å². The third-order valence-corrected chi connectivity index (χ3v) is 3.41. The molecule has 110 valence electrons. The van der Waals surface area contributed by atoms with Gasteiger partial charge < -0.3 is 20.7 Å². The average Bonchev–Trinajstić information content (AvgIpc) is 2.43. The van der Waals surface area contributed by atoms with Gasteiger partial charge in [0.05, 0.1) is 12.3 Å². The van der Waals surface area contributed by atoms with Crippen LogP contribution in [0, 0.1) is 5.82 Å². The second-order valence-corrected chi connectivity index (χ2v) is 4.82. The number of likely N-dealkylation sites (tertiary alicyclic amines) is 1. The highest BCUT2D eigenvalue weighted by atomic mass is 19.1. The Labute approximate surface area is 117 Å². The molecule has 2 rings (SSSR count). The summed E-state index contributed by atoms with van der Waals surface area (Å²) < 4.78 is 18.7. The molecule has 3 N–H and O–H groups in total. The predicted octanol–water partition coefficient (Wildman–Crippen LogP) is 2.18. The molecular formula is C14H20FN3O2. The molecule has 0 bridgehead atoms. The molecule has 0 radical (unpaired) electrons. The third kappa shape index (κ3) is 3.53. The number of carbonyl (C=O) groups is 1. The molecule has 0 atom stereocenters. The molecule has 1 fully saturated rings. The van der Waals surface area contributed by atoms with Gasteiger partial charge in [0.2, 0.25) is 0 Å². The van der Waals surface area contributed by atoms with Crippen molar-refractivity contribution in [1.29, 1.82) is 0 Å². The number of hydrogen-bond donors (Lipinski definition) is 2. The number of anilines is 1. The fourth-order valence-corrected chi connectivity index (χ4v) is 2.35. The van der Waals surface area contributed by atoms with Crippen LogP contribution < -0.4 is 15.8 Å². The fourth-order valence-electron chi connectivity index (χ4n) is 2.35. The lowest BCUT2D eigenvalue weighted by atomic mass is 10.0. The predicted molar refractivity (Wildman–Crippen MR) is 75.4 cm³/mol. The highest BCUT2D eigenvalue weighted by Crippen LogP contribution is 2.27. The number of benzene rings is 1. The topological polar surface area (TPSA) is 67.6 Å². The van der Waals surface area contributed by atoms with Crippen LogP contribution in [0.2, 0.25) is 0 Å². The normalized spacial score (nSPS) is 16.0. The minimum absolute atomic E-state index is 0.232. The van der Waals surface area contributed by atoms with Crippen LogP contribution in [0.3, 0.4) is 0 Å². The summed E-state index contributed by atoms with van der Waals surface area (Å²) in [6.07, 6.45) is 1.62. The molecule has 0 saturated carbocycles. The van der Waals surface area contributed by atoms with Gasteiger partial charge in [0.25, 0.3) is 0 Å². The number of urea groups is 1. The van der Waals surface area contributed by atoms with Crippen molar-refractivity contribution in [2.75, 3.05) is 25.0 Å². The second-order valence-electron chi connectivity index (χ2n) is 4.82. The standard InChI is InChI=1S/C14H20FN3O2/c1-2-20-13-9-10(15)3-4-12(13)17-11-5-7-18(8-6-11)14(16)19/h3-4,9,11,17H,2,5-8H2,1H3,(H2,16,19). The maximum Gasteiger partial charge on any atom is 0.314 e. The second kappa shape index (κ2) is 6.45. The Morgan fingerprint density at radius 2 is 2.20 bits per heavy atom. The lowest BCUT2D eigenvalue weighted by Crippen LogP contribution is -2.44. The zero-order chi connectivity index (χ0) is 14.5. The van der Waals surface area contributed by atoms with Gasteiger partial charge in [-0.2, -0.15) is 0 Å². The number of rotatable bonds is 4. The van der Waals surface area contributed by atoms with Crippen molar-refractivity contribution in [2.45, 2.75) is 25.8 Å². The minimum atomic E-state index is -0.375. The molecular weight excluding hydrogens is 261 g/mol. The van der Waals surface area contributed by atoms with E-state index in [4.69, 9.17) is 10.5 Å². The summed E-state index contributed by atoms with van der Waals surface area (Å²) >= 11 is 0. The molecule has 5 nitrogen and oxygen atoms in total. The van der Waals surface area contributed by atoms with Crippen LogP contribution in [0.25, 0.3) is 0 Å². The van der Waals surface area contributed by atoms with Crippen LogP contribution in [0.4, 0.5) is 14.9 Å². The lowest BCUT2D eigenvalue weighted by molar-refractivity contribution is 0.193. The zero-order valence-corrected chi connectivity index (χ0v) is 11.6. The van der Waals surface area contributed by atoms with Crippen LogP contribution in [-0.2, 0) is 0 Å². The van der Waals surface area contributed by atoms with Gasteiger partial charge in [-0.3, -0.25) is 0 Å². The van der Waals surface area contributed by atoms with Crippen LogP contribution in [0.15, 0.2) is 18.2 Å². The first-order chi connectivity index (χ1) is 9.60. The number of nitrogens with one attached hydrogen (secondary N) is 1. The Kier molecular flexibility index (Phi) is 4.65. The van der Waals surface area contributed by atoms with E-state index in [-0.39, 0.29) is 17.9 Å². The molecule has 2 amide bonds. The van der Waals surface area contributed by atoms with Gasteiger partial charge in [-0.25, -0.2) is 9.18 Å². The van der Waals surface area contributed by atoms with Crippen molar-refractivity contribution in [3.05, 3.63) is 24.0 Å². The van der Waals surface area contributed by atoms with Crippen molar-refractivity contribution >= 4 is 11.7 Å². The Bertz CT molecular complexity index is 473. The van der Waals surface area contributed by atoms with Gasteiger partial charge >= 0.3 is 6.03 Å². The Morgan fingerprint density at radius 3 is 2.80 bits per heavy atom. The molecule has 0 unspecified atom stereocenters. The van der Waals surface area contributed by atoms with Gasteiger partial charge in [-0.15, -0.1) is 0 Å². The largest absolute Gasteiger partial charge is 0.492 e. The number of carbonyl (C=O) groups excluding carboxylic acids is 1. The maximum absolute atomic E-state index is 13.2. The Morgan fingerprint density at radius 1 is 1.50 bits per heavy atom. The molecule has 0 spiro atoms. The van der Waals surface area contributed by atoms with E-state index in [1.165, 1.54) is 12.1 Å². The highest BCUT2D eigenvalue weighted by Gasteiger charge is 2.21. The molecule has 1 aromatic rings. The lowest BCUT2D eigenvalue weighted by Gasteiger charge is -2.32. The minimum Gasteiger partial charge on any atom is -0.492 e.